The smallest absolute Gasteiger partial charge is 0.343 e. The quantitative estimate of drug-likeness (QED) is 0.869. The van der Waals surface area contributed by atoms with Gasteiger partial charge in [-0.3, -0.25) is 9.78 Å². The average Bonchev–Trinajstić information content (AvgIpc) is 2.63. The van der Waals surface area contributed by atoms with Crippen molar-refractivity contribution >= 4 is 17.6 Å². The van der Waals surface area contributed by atoms with Gasteiger partial charge in [-0.15, -0.1) is 0 Å². The minimum atomic E-state index is -0.428. The van der Waals surface area contributed by atoms with Crippen LogP contribution in [0.1, 0.15) is 23.2 Å². The van der Waals surface area contributed by atoms with Crippen molar-refractivity contribution in [2.45, 2.75) is 12.8 Å². The molecule has 0 aliphatic carbocycles. The molecular weight excluding hydrogens is 306 g/mol. The second-order valence-electron chi connectivity index (χ2n) is 5.81. The largest absolute Gasteiger partial charge is 0.421 e. The molecule has 0 bridgehead atoms. The molecule has 1 atom stereocenters. The number of anilines is 1. The maximum atomic E-state index is 12.1. The fourth-order valence-corrected chi connectivity index (χ4v) is 2.83. The van der Waals surface area contributed by atoms with Crippen molar-refractivity contribution in [2.24, 2.45) is 11.7 Å². The van der Waals surface area contributed by atoms with Gasteiger partial charge in [-0.25, -0.2) is 4.79 Å². The molecule has 0 radical (unpaired) electrons. The van der Waals surface area contributed by atoms with Crippen LogP contribution >= 0.6 is 0 Å². The number of hydrogen-bond acceptors (Lipinski definition) is 5. The summed E-state index contributed by atoms with van der Waals surface area (Å²) in [6.07, 6.45) is 4.87. The molecular formula is C18H19N3O3. The molecule has 2 aromatic rings. The fraction of sp³-hybridized carbons (Fsp3) is 0.278. The van der Waals surface area contributed by atoms with Crippen LogP contribution in [0.2, 0.25) is 0 Å². The predicted octanol–water partition coefficient (Wildman–Crippen LogP) is 2.00. The third-order valence-electron chi connectivity index (χ3n) is 4.14. The number of carbonyl (C=O) groups excluding carboxylic acids is 2. The molecule has 124 valence electrons. The summed E-state index contributed by atoms with van der Waals surface area (Å²) in [5.41, 5.74) is 6.85. The monoisotopic (exact) mass is 325 g/mol. The summed E-state index contributed by atoms with van der Waals surface area (Å²) >= 11 is 0. The maximum Gasteiger partial charge on any atom is 0.343 e. The Kier molecular flexibility index (Phi) is 4.74. The van der Waals surface area contributed by atoms with E-state index in [4.69, 9.17) is 10.5 Å². The van der Waals surface area contributed by atoms with E-state index in [1.54, 1.807) is 30.5 Å². The molecule has 1 aliphatic heterocycles. The number of nitrogens with zero attached hydrogens (tertiary/aromatic N) is 2. The van der Waals surface area contributed by atoms with Crippen LogP contribution < -0.4 is 15.4 Å². The van der Waals surface area contributed by atoms with Crippen LogP contribution in [0.15, 0.2) is 48.8 Å². The van der Waals surface area contributed by atoms with Gasteiger partial charge in [0.1, 0.15) is 5.75 Å². The van der Waals surface area contributed by atoms with Crippen LogP contribution in [0, 0.1) is 5.92 Å². The topological polar surface area (TPSA) is 85.5 Å². The highest BCUT2D eigenvalue weighted by Crippen LogP contribution is 2.23. The Bertz CT molecular complexity index is 716. The summed E-state index contributed by atoms with van der Waals surface area (Å²) in [5.74, 6) is -0.388. The van der Waals surface area contributed by atoms with Crippen LogP contribution in [-0.2, 0) is 4.79 Å². The van der Waals surface area contributed by atoms with E-state index in [0.29, 0.717) is 17.9 Å². The Hall–Kier alpha value is -2.89. The van der Waals surface area contributed by atoms with E-state index in [9.17, 15) is 9.59 Å². The number of carbonyl (C=O) groups is 2. The highest BCUT2D eigenvalue weighted by molar-refractivity contribution is 5.91. The molecule has 6 nitrogen and oxygen atoms in total. The normalized spacial score (nSPS) is 17.3. The van der Waals surface area contributed by atoms with Gasteiger partial charge in [0.15, 0.2) is 0 Å². The first-order valence-electron chi connectivity index (χ1n) is 7.90. The van der Waals surface area contributed by atoms with E-state index in [-0.39, 0.29) is 11.8 Å². The van der Waals surface area contributed by atoms with Crippen molar-refractivity contribution in [3.63, 3.8) is 0 Å². The SMILES string of the molecule is NC(=O)[C@H]1CCCN(c2ccc(C(=O)Oc3cccnc3)cc2)C1. The lowest BCUT2D eigenvalue weighted by Crippen LogP contribution is -2.41. The van der Waals surface area contributed by atoms with E-state index >= 15 is 0 Å². The highest BCUT2D eigenvalue weighted by Gasteiger charge is 2.24. The Balaban J connectivity index is 1.67. The second kappa shape index (κ2) is 7.12. The molecule has 1 aromatic carbocycles. The first-order valence-corrected chi connectivity index (χ1v) is 7.90. The van der Waals surface area contributed by atoms with Gasteiger partial charge >= 0.3 is 5.97 Å². The number of nitrogens with two attached hydrogens (primary N) is 1. The number of esters is 1. The van der Waals surface area contributed by atoms with Gasteiger partial charge in [-0.2, -0.15) is 0 Å². The van der Waals surface area contributed by atoms with Crippen molar-refractivity contribution in [2.75, 3.05) is 18.0 Å². The molecule has 3 rings (SSSR count). The number of ether oxygens (including phenoxy) is 1. The molecule has 1 aliphatic rings. The molecule has 6 heteroatoms. The fourth-order valence-electron chi connectivity index (χ4n) is 2.83. The zero-order chi connectivity index (χ0) is 16.9. The van der Waals surface area contributed by atoms with Crippen molar-refractivity contribution < 1.29 is 14.3 Å². The minimum absolute atomic E-state index is 0.117. The molecule has 0 saturated carbocycles. The Morgan fingerprint density at radius 3 is 2.67 bits per heavy atom. The zero-order valence-corrected chi connectivity index (χ0v) is 13.2. The number of rotatable bonds is 4. The van der Waals surface area contributed by atoms with Crippen LogP contribution in [0.3, 0.4) is 0 Å². The number of benzene rings is 1. The summed E-state index contributed by atoms with van der Waals surface area (Å²) in [5, 5.41) is 0. The van der Waals surface area contributed by atoms with Crippen LogP contribution in [0.4, 0.5) is 5.69 Å². The zero-order valence-electron chi connectivity index (χ0n) is 13.2. The number of pyridine rings is 1. The molecule has 2 N–H and O–H groups in total. The van der Waals surface area contributed by atoms with Gasteiger partial charge in [0, 0.05) is 25.0 Å². The van der Waals surface area contributed by atoms with E-state index in [1.807, 2.05) is 12.1 Å². The van der Waals surface area contributed by atoms with Crippen molar-refractivity contribution in [3.8, 4) is 5.75 Å². The second-order valence-corrected chi connectivity index (χ2v) is 5.81. The van der Waals surface area contributed by atoms with Gasteiger partial charge in [0.05, 0.1) is 17.7 Å². The summed E-state index contributed by atoms with van der Waals surface area (Å²) in [6.45, 7) is 1.50. The van der Waals surface area contributed by atoms with Gasteiger partial charge in [-0.1, -0.05) is 0 Å². The van der Waals surface area contributed by atoms with Gasteiger partial charge in [0.2, 0.25) is 5.91 Å². The first-order chi connectivity index (χ1) is 11.6. The third kappa shape index (κ3) is 3.71. The summed E-state index contributed by atoms with van der Waals surface area (Å²) in [4.78, 5) is 29.5. The van der Waals surface area contributed by atoms with Crippen LogP contribution in [0.25, 0.3) is 0 Å². The number of piperidine rings is 1. The molecule has 24 heavy (non-hydrogen) atoms. The van der Waals surface area contributed by atoms with E-state index < -0.39 is 5.97 Å². The molecule has 1 saturated heterocycles. The number of aromatic nitrogens is 1. The molecule has 0 spiro atoms. The Morgan fingerprint density at radius 1 is 1.21 bits per heavy atom. The number of primary amides is 1. The first kappa shape index (κ1) is 16.0. The highest BCUT2D eigenvalue weighted by atomic mass is 16.5. The van der Waals surface area contributed by atoms with Gasteiger partial charge in [-0.05, 0) is 49.2 Å². The molecule has 1 aromatic heterocycles. The van der Waals surface area contributed by atoms with Crippen molar-refractivity contribution in [1.82, 2.24) is 4.98 Å². The van der Waals surface area contributed by atoms with Crippen molar-refractivity contribution in [3.05, 3.63) is 54.4 Å². The Morgan fingerprint density at radius 2 is 2.00 bits per heavy atom. The molecule has 1 amide bonds. The van der Waals surface area contributed by atoms with Gasteiger partial charge in [0.25, 0.3) is 0 Å². The van der Waals surface area contributed by atoms with E-state index in [1.165, 1.54) is 6.20 Å². The van der Waals surface area contributed by atoms with Crippen LogP contribution in [0.5, 0.6) is 5.75 Å². The molecule has 1 fully saturated rings. The lowest BCUT2D eigenvalue weighted by Gasteiger charge is -2.33. The predicted molar refractivity (Wildman–Crippen MR) is 89.8 cm³/mol. The summed E-state index contributed by atoms with van der Waals surface area (Å²) in [7, 11) is 0. The number of hydrogen-bond donors (Lipinski definition) is 1. The van der Waals surface area contributed by atoms with Gasteiger partial charge < -0.3 is 15.4 Å². The average molecular weight is 325 g/mol. The minimum Gasteiger partial charge on any atom is -0.421 e. The summed E-state index contributed by atoms with van der Waals surface area (Å²) in [6, 6.07) is 10.6. The Labute approximate surface area is 140 Å². The standard InChI is InChI=1S/C18H19N3O3/c19-17(22)14-3-2-10-21(12-14)15-7-5-13(6-8-15)18(23)24-16-4-1-9-20-11-16/h1,4-9,11,14H,2-3,10,12H2,(H2,19,22)/t14-/m0/s1. The van der Waals surface area contributed by atoms with E-state index in [2.05, 4.69) is 9.88 Å². The van der Waals surface area contributed by atoms with Crippen LogP contribution in [-0.4, -0.2) is 29.9 Å². The lowest BCUT2D eigenvalue weighted by molar-refractivity contribution is -0.122. The summed E-state index contributed by atoms with van der Waals surface area (Å²) < 4.78 is 5.26. The molecule has 2 heterocycles. The van der Waals surface area contributed by atoms with E-state index in [0.717, 1.165) is 25.1 Å². The maximum absolute atomic E-state index is 12.1. The lowest BCUT2D eigenvalue weighted by atomic mass is 9.97. The number of amides is 1. The van der Waals surface area contributed by atoms with Crippen molar-refractivity contribution in [1.29, 1.82) is 0 Å². The third-order valence-corrected chi connectivity index (χ3v) is 4.14. The molecule has 0 unspecified atom stereocenters.